The molecule has 0 amide bonds. The summed E-state index contributed by atoms with van der Waals surface area (Å²) in [6, 6.07) is 0.754. The van der Waals surface area contributed by atoms with E-state index in [-0.39, 0.29) is 5.56 Å². The number of aromatic carboxylic acids is 1. The van der Waals surface area contributed by atoms with Crippen LogP contribution in [0.15, 0.2) is 6.20 Å². The standard InChI is InChI=1S/C13H20N4O2/c1-3-17(10-4-5-10)7-6-14-13-15-8-11(12(18)19)9(2)16-13/h8,10H,3-7H2,1-2H3,(H,18,19)(H,14,15,16). The second-order valence-corrected chi connectivity index (χ2v) is 4.78. The van der Waals surface area contributed by atoms with Gasteiger partial charge < -0.3 is 10.4 Å². The lowest BCUT2D eigenvalue weighted by atomic mass is 10.2. The van der Waals surface area contributed by atoms with E-state index in [1.54, 1.807) is 6.92 Å². The summed E-state index contributed by atoms with van der Waals surface area (Å²) in [7, 11) is 0. The predicted octanol–water partition coefficient (Wildman–Crippen LogP) is 1.38. The molecule has 1 aliphatic carbocycles. The van der Waals surface area contributed by atoms with Crippen LogP contribution in [0.25, 0.3) is 0 Å². The summed E-state index contributed by atoms with van der Waals surface area (Å²) < 4.78 is 0. The molecule has 0 saturated heterocycles. The molecule has 1 fully saturated rings. The first-order valence-electron chi connectivity index (χ1n) is 6.66. The molecule has 1 aliphatic rings. The summed E-state index contributed by atoms with van der Waals surface area (Å²) in [5.74, 6) is -0.496. The monoisotopic (exact) mass is 264 g/mol. The number of carboxylic acids is 1. The van der Waals surface area contributed by atoms with Gasteiger partial charge in [0.05, 0.1) is 11.3 Å². The first kappa shape index (κ1) is 13.7. The number of nitrogens with zero attached hydrogens (tertiary/aromatic N) is 3. The number of likely N-dealkylation sites (N-methyl/N-ethyl adjacent to an activating group) is 1. The Hall–Kier alpha value is -1.69. The molecule has 0 spiro atoms. The minimum atomic E-state index is -0.991. The van der Waals surface area contributed by atoms with Gasteiger partial charge in [-0.2, -0.15) is 0 Å². The molecule has 1 saturated carbocycles. The van der Waals surface area contributed by atoms with Crippen LogP contribution in [-0.2, 0) is 0 Å². The van der Waals surface area contributed by atoms with Crippen molar-refractivity contribution in [2.24, 2.45) is 0 Å². The molecule has 1 aromatic heterocycles. The maximum Gasteiger partial charge on any atom is 0.339 e. The maximum atomic E-state index is 10.9. The fraction of sp³-hybridized carbons (Fsp3) is 0.615. The van der Waals surface area contributed by atoms with Crippen LogP contribution in [-0.4, -0.2) is 51.6 Å². The number of hydrogen-bond donors (Lipinski definition) is 2. The zero-order valence-electron chi connectivity index (χ0n) is 11.4. The van der Waals surface area contributed by atoms with E-state index < -0.39 is 5.97 Å². The number of aryl methyl sites for hydroxylation is 1. The fourth-order valence-electron chi connectivity index (χ4n) is 2.11. The van der Waals surface area contributed by atoms with Crippen LogP contribution < -0.4 is 5.32 Å². The van der Waals surface area contributed by atoms with E-state index in [4.69, 9.17) is 5.11 Å². The van der Waals surface area contributed by atoms with Crippen molar-refractivity contribution in [3.63, 3.8) is 0 Å². The average Bonchev–Trinajstić information content (AvgIpc) is 3.18. The van der Waals surface area contributed by atoms with Crippen LogP contribution in [0.4, 0.5) is 5.95 Å². The van der Waals surface area contributed by atoms with Crippen LogP contribution in [0.5, 0.6) is 0 Å². The zero-order valence-corrected chi connectivity index (χ0v) is 11.4. The molecule has 0 radical (unpaired) electrons. The predicted molar refractivity (Wildman–Crippen MR) is 72.5 cm³/mol. The Morgan fingerprint density at radius 2 is 2.32 bits per heavy atom. The molecule has 6 heteroatoms. The number of rotatable bonds is 7. The summed E-state index contributed by atoms with van der Waals surface area (Å²) in [6.45, 7) is 6.64. The highest BCUT2D eigenvalue weighted by Gasteiger charge is 2.27. The van der Waals surface area contributed by atoms with Crippen LogP contribution in [0.3, 0.4) is 0 Å². The van der Waals surface area contributed by atoms with Gasteiger partial charge in [-0.05, 0) is 26.3 Å². The van der Waals surface area contributed by atoms with E-state index in [1.165, 1.54) is 19.0 Å². The lowest BCUT2D eigenvalue weighted by Gasteiger charge is -2.19. The summed E-state index contributed by atoms with van der Waals surface area (Å²) in [5, 5.41) is 12.0. The second kappa shape index (κ2) is 5.97. The zero-order chi connectivity index (χ0) is 13.8. The van der Waals surface area contributed by atoms with Gasteiger partial charge in [0, 0.05) is 25.3 Å². The molecule has 6 nitrogen and oxygen atoms in total. The number of hydrogen-bond acceptors (Lipinski definition) is 5. The molecule has 1 aromatic rings. The van der Waals surface area contributed by atoms with Crippen molar-refractivity contribution in [1.82, 2.24) is 14.9 Å². The topological polar surface area (TPSA) is 78.4 Å². The minimum Gasteiger partial charge on any atom is -0.478 e. The van der Waals surface area contributed by atoms with E-state index >= 15 is 0 Å². The van der Waals surface area contributed by atoms with Crippen LogP contribution in [0, 0.1) is 6.92 Å². The summed E-state index contributed by atoms with van der Waals surface area (Å²) in [4.78, 5) is 21.5. The Morgan fingerprint density at radius 3 is 2.84 bits per heavy atom. The quantitative estimate of drug-likeness (QED) is 0.774. The van der Waals surface area contributed by atoms with Crippen molar-refractivity contribution >= 4 is 11.9 Å². The van der Waals surface area contributed by atoms with Crippen molar-refractivity contribution in [2.45, 2.75) is 32.7 Å². The van der Waals surface area contributed by atoms with Gasteiger partial charge in [-0.25, -0.2) is 14.8 Å². The summed E-state index contributed by atoms with van der Waals surface area (Å²) in [5.41, 5.74) is 0.637. The van der Waals surface area contributed by atoms with Crippen molar-refractivity contribution in [1.29, 1.82) is 0 Å². The lowest BCUT2D eigenvalue weighted by molar-refractivity contribution is 0.0695. The Bertz CT molecular complexity index is 460. The molecule has 19 heavy (non-hydrogen) atoms. The Kier molecular flexibility index (Phi) is 4.31. The second-order valence-electron chi connectivity index (χ2n) is 4.78. The highest BCUT2D eigenvalue weighted by molar-refractivity contribution is 5.88. The third-order valence-corrected chi connectivity index (χ3v) is 3.36. The van der Waals surface area contributed by atoms with Crippen molar-refractivity contribution in [3.8, 4) is 0 Å². The number of nitrogens with one attached hydrogen (secondary N) is 1. The molecular weight excluding hydrogens is 244 g/mol. The minimum absolute atomic E-state index is 0.152. The Morgan fingerprint density at radius 1 is 1.58 bits per heavy atom. The van der Waals surface area contributed by atoms with E-state index in [9.17, 15) is 4.79 Å². The SMILES string of the molecule is CCN(CCNc1ncc(C(=O)O)c(C)n1)C1CC1. The van der Waals surface area contributed by atoms with Gasteiger partial charge in [-0.3, -0.25) is 4.90 Å². The van der Waals surface area contributed by atoms with Crippen LogP contribution in [0.1, 0.15) is 35.8 Å². The highest BCUT2D eigenvalue weighted by atomic mass is 16.4. The summed E-state index contributed by atoms with van der Waals surface area (Å²) in [6.07, 6.45) is 3.96. The molecular formula is C13H20N4O2. The van der Waals surface area contributed by atoms with Gasteiger partial charge >= 0.3 is 5.97 Å². The molecule has 0 atom stereocenters. The Balaban J connectivity index is 1.85. The van der Waals surface area contributed by atoms with E-state index in [1.807, 2.05) is 0 Å². The Labute approximate surface area is 112 Å². The highest BCUT2D eigenvalue weighted by Crippen LogP contribution is 2.25. The first-order valence-corrected chi connectivity index (χ1v) is 6.66. The number of anilines is 1. The normalized spacial score (nSPS) is 14.7. The van der Waals surface area contributed by atoms with Crippen molar-refractivity contribution in [3.05, 3.63) is 17.5 Å². The fourth-order valence-corrected chi connectivity index (χ4v) is 2.11. The first-order chi connectivity index (χ1) is 9.11. The van der Waals surface area contributed by atoms with Crippen molar-refractivity contribution < 1.29 is 9.90 Å². The largest absolute Gasteiger partial charge is 0.478 e. The lowest BCUT2D eigenvalue weighted by Crippen LogP contribution is -2.31. The van der Waals surface area contributed by atoms with Gasteiger partial charge in [0.2, 0.25) is 5.95 Å². The number of carbonyl (C=O) groups is 1. The molecule has 0 unspecified atom stereocenters. The molecule has 0 aromatic carbocycles. The molecule has 0 bridgehead atoms. The van der Waals surface area contributed by atoms with E-state index in [2.05, 4.69) is 27.1 Å². The average molecular weight is 264 g/mol. The van der Waals surface area contributed by atoms with Gasteiger partial charge in [0.25, 0.3) is 0 Å². The van der Waals surface area contributed by atoms with Crippen LogP contribution in [0.2, 0.25) is 0 Å². The third kappa shape index (κ3) is 3.64. The van der Waals surface area contributed by atoms with Gasteiger partial charge in [0.15, 0.2) is 0 Å². The summed E-state index contributed by atoms with van der Waals surface area (Å²) >= 11 is 0. The molecule has 2 rings (SSSR count). The number of carboxylic acid groups (broad SMARTS) is 1. The maximum absolute atomic E-state index is 10.9. The molecule has 2 N–H and O–H groups in total. The van der Waals surface area contributed by atoms with Crippen molar-refractivity contribution in [2.75, 3.05) is 25.0 Å². The third-order valence-electron chi connectivity index (χ3n) is 3.36. The van der Waals surface area contributed by atoms with Gasteiger partial charge in [-0.1, -0.05) is 6.92 Å². The smallest absolute Gasteiger partial charge is 0.339 e. The van der Waals surface area contributed by atoms with Gasteiger partial charge in [-0.15, -0.1) is 0 Å². The van der Waals surface area contributed by atoms with E-state index in [0.29, 0.717) is 11.6 Å². The van der Waals surface area contributed by atoms with E-state index in [0.717, 1.165) is 25.7 Å². The molecule has 104 valence electrons. The van der Waals surface area contributed by atoms with Crippen LogP contribution >= 0.6 is 0 Å². The van der Waals surface area contributed by atoms with Gasteiger partial charge in [0.1, 0.15) is 0 Å². The molecule has 1 heterocycles. The molecule has 0 aliphatic heterocycles. The number of aromatic nitrogens is 2.